The molecule has 0 saturated carbocycles. The molecule has 3 rings (SSSR count). The first-order valence-electron chi connectivity index (χ1n) is 7.99. The van der Waals surface area contributed by atoms with Crippen molar-refractivity contribution in [1.29, 1.82) is 0 Å². The minimum Gasteiger partial charge on any atom is -0.454 e. The molecule has 1 heterocycles. The van der Waals surface area contributed by atoms with Crippen LogP contribution in [-0.4, -0.2) is 24.4 Å². The zero-order valence-corrected chi connectivity index (χ0v) is 13.8. The van der Waals surface area contributed by atoms with Crippen LogP contribution in [-0.2, 0) is 12.0 Å². The van der Waals surface area contributed by atoms with Gasteiger partial charge >= 0.3 is 0 Å². The van der Waals surface area contributed by atoms with Gasteiger partial charge in [0.15, 0.2) is 11.5 Å². The SMILES string of the molecule is CCc1ccc(C(=O)NCC(C)(O)c2ccc3c(c2)OCO3)cc1. The molecule has 0 bridgehead atoms. The maximum Gasteiger partial charge on any atom is 0.251 e. The van der Waals surface area contributed by atoms with Crippen LogP contribution >= 0.6 is 0 Å². The van der Waals surface area contributed by atoms with Gasteiger partial charge in [0.2, 0.25) is 6.79 Å². The maximum absolute atomic E-state index is 12.2. The molecule has 1 atom stereocenters. The van der Waals surface area contributed by atoms with E-state index in [1.807, 2.05) is 12.1 Å². The summed E-state index contributed by atoms with van der Waals surface area (Å²) in [5.41, 5.74) is 1.21. The first-order valence-corrected chi connectivity index (χ1v) is 7.99. The molecule has 5 heteroatoms. The number of ether oxygens (including phenoxy) is 2. The smallest absolute Gasteiger partial charge is 0.251 e. The molecule has 0 aromatic heterocycles. The second kappa shape index (κ2) is 6.53. The number of fused-ring (bicyclic) bond motifs is 1. The molecule has 1 aliphatic rings. The standard InChI is InChI=1S/C19H21NO4/c1-3-13-4-6-14(7-5-13)18(21)20-11-19(2,22)15-8-9-16-17(10-15)24-12-23-16/h4-10,22H,3,11-12H2,1-2H3,(H,20,21). The zero-order valence-electron chi connectivity index (χ0n) is 13.8. The minimum absolute atomic E-state index is 0.0982. The topological polar surface area (TPSA) is 67.8 Å². The van der Waals surface area contributed by atoms with Gasteiger partial charge in [0.1, 0.15) is 5.60 Å². The first-order chi connectivity index (χ1) is 11.5. The summed E-state index contributed by atoms with van der Waals surface area (Å²) in [5.74, 6) is 1.06. The number of amides is 1. The van der Waals surface area contributed by atoms with Crippen molar-refractivity contribution in [3.8, 4) is 11.5 Å². The Morgan fingerprint density at radius 1 is 1.17 bits per heavy atom. The highest BCUT2D eigenvalue weighted by atomic mass is 16.7. The largest absolute Gasteiger partial charge is 0.454 e. The van der Waals surface area contributed by atoms with Crippen LogP contribution in [0, 0.1) is 0 Å². The molecule has 2 N–H and O–H groups in total. The number of benzene rings is 2. The molecule has 24 heavy (non-hydrogen) atoms. The third-order valence-corrected chi connectivity index (χ3v) is 4.21. The van der Waals surface area contributed by atoms with Gasteiger partial charge in [0.25, 0.3) is 5.91 Å². The number of hydrogen-bond donors (Lipinski definition) is 2. The number of hydrogen-bond acceptors (Lipinski definition) is 4. The van der Waals surface area contributed by atoms with Crippen molar-refractivity contribution in [1.82, 2.24) is 5.32 Å². The summed E-state index contributed by atoms with van der Waals surface area (Å²) in [5, 5.41) is 13.5. The summed E-state index contributed by atoms with van der Waals surface area (Å²) < 4.78 is 10.6. The molecule has 0 aliphatic carbocycles. The van der Waals surface area contributed by atoms with E-state index in [-0.39, 0.29) is 19.2 Å². The van der Waals surface area contributed by atoms with E-state index in [2.05, 4.69) is 12.2 Å². The average molecular weight is 327 g/mol. The summed E-state index contributed by atoms with van der Waals surface area (Å²) >= 11 is 0. The van der Waals surface area contributed by atoms with Gasteiger partial charge in [-0.15, -0.1) is 0 Å². The van der Waals surface area contributed by atoms with Gasteiger partial charge in [-0.3, -0.25) is 4.79 Å². The van der Waals surface area contributed by atoms with Crippen LogP contribution in [0.5, 0.6) is 11.5 Å². The molecule has 0 saturated heterocycles. The molecule has 0 fully saturated rings. The van der Waals surface area contributed by atoms with Crippen molar-refractivity contribution in [3.63, 3.8) is 0 Å². The highest BCUT2D eigenvalue weighted by Gasteiger charge is 2.26. The Kier molecular flexibility index (Phi) is 4.44. The molecule has 126 valence electrons. The van der Waals surface area contributed by atoms with Crippen molar-refractivity contribution >= 4 is 5.91 Å². The summed E-state index contributed by atoms with van der Waals surface area (Å²) in [6.07, 6.45) is 0.931. The maximum atomic E-state index is 12.2. The molecular weight excluding hydrogens is 306 g/mol. The quantitative estimate of drug-likeness (QED) is 0.886. The van der Waals surface area contributed by atoms with Crippen molar-refractivity contribution in [2.45, 2.75) is 25.9 Å². The highest BCUT2D eigenvalue weighted by Crippen LogP contribution is 2.35. The van der Waals surface area contributed by atoms with Gasteiger partial charge in [-0.2, -0.15) is 0 Å². The Morgan fingerprint density at radius 2 is 1.88 bits per heavy atom. The number of rotatable bonds is 5. The summed E-state index contributed by atoms with van der Waals surface area (Å²) in [6, 6.07) is 12.7. The lowest BCUT2D eigenvalue weighted by Gasteiger charge is -2.24. The van der Waals surface area contributed by atoms with Crippen LogP contribution in [0.2, 0.25) is 0 Å². The van der Waals surface area contributed by atoms with Gasteiger partial charge < -0.3 is 19.9 Å². The fourth-order valence-corrected chi connectivity index (χ4v) is 2.58. The number of carbonyl (C=O) groups excluding carboxylic acids is 1. The van der Waals surface area contributed by atoms with E-state index in [0.717, 1.165) is 6.42 Å². The second-order valence-electron chi connectivity index (χ2n) is 6.08. The fourth-order valence-electron chi connectivity index (χ4n) is 2.58. The van der Waals surface area contributed by atoms with Gasteiger partial charge in [0, 0.05) is 5.56 Å². The van der Waals surface area contributed by atoms with E-state index in [4.69, 9.17) is 9.47 Å². The van der Waals surface area contributed by atoms with Crippen LogP contribution < -0.4 is 14.8 Å². The van der Waals surface area contributed by atoms with E-state index < -0.39 is 5.60 Å². The normalized spacial score (nSPS) is 15.0. The van der Waals surface area contributed by atoms with E-state index in [9.17, 15) is 9.90 Å². The van der Waals surface area contributed by atoms with Gasteiger partial charge in [0.05, 0.1) is 6.54 Å². The molecule has 1 unspecified atom stereocenters. The summed E-state index contributed by atoms with van der Waals surface area (Å²) in [6.45, 7) is 4.01. The van der Waals surface area contributed by atoms with Gasteiger partial charge in [-0.05, 0) is 48.7 Å². The number of carbonyl (C=O) groups is 1. The van der Waals surface area contributed by atoms with E-state index >= 15 is 0 Å². The Bertz CT molecular complexity index is 738. The zero-order chi connectivity index (χ0) is 17.2. The van der Waals surface area contributed by atoms with Gasteiger partial charge in [-0.25, -0.2) is 0 Å². The fraction of sp³-hybridized carbons (Fsp3) is 0.316. The van der Waals surface area contributed by atoms with E-state index in [1.165, 1.54) is 5.56 Å². The van der Waals surface area contributed by atoms with Crippen LogP contribution in [0.3, 0.4) is 0 Å². The van der Waals surface area contributed by atoms with Crippen molar-refractivity contribution in [2.24, 2.45) is 0 Å². The third kappa shape index (κ3) is 3.36. The van der Waals surface area contributed by atoms with Gasteiger partial charge in [-0.1, -0.05) is 25.1 Å². The number of aryl methyl sites for hydroxylation is 1. The molecule has 0 radical (unpaired) electrons. The van der Waals surface area contributed by atoms with Crippen LogP contribution in [0.25, 0.3) is 0 Å². The molecule has 2 aromatic carbocycles. The molecule has 2 aromatic rings. The Labute approximate surface area is 141 Å². The molecule has 1 amide bonds. The van der Waals surface area contributed by atoms with Crippen LogP contribution in [0.15, 0.2) is 42.5 Å². The Morgan fingerprint density at radius 3 is 2.58 bits per heavy atom. The minimum atomic E-state index is -1.21. The van der Waals surface area contributed by atoms with Crippen molar-refractivity contribution in [3.05, 3.63) is 59.2 Å². The lowest BCUT2D eigenvalue weighted by Crippen LogP contribution is -2.38. The highest BCUT2D eigenvalue weighted by molar-refractivity contribution is 5.94. The Hall–Kier alpha value is -2.53. The number of nitrogens with one attached hydrogen (secondary N) is 1. The summed E-state index contributed by atoms with van der Waals surface area (Å²) in [4.78, 5) is 12.2. The van der Waals surface area contributed by atoms with Crippen LogP contribution in [0.1, 0.15) is 35.3 Å². The van der Waals surface area contributed by atoms with Crippen molar-refractivity contribution < 1.29 is 19.4 Å². The second-order valence-corrected chi connectivity index (χ2v) is 6.08. The third-order valence-electron chi connectivity index (χ3n) is 4.21. The molecular formula is C19H21NO4. The van der Waals surface area contributed by atoms with E-state index in [1.54, 1.807) is 37.3 Å². The Balaban J connectivity index is 1.66. The molecule has 0 spiro atoms. The molecule has 5 nitrogen and oxygen atoms in total. The van der Waals surface area contributed by atoms with Crippen LogP contribution in [0.4, 0.5) is 0 Å². The predicted octanol–water partition coefficient (Wildman–Crippen LogP) is 2.62. The van der Waals surface area contributed by atoms with E-state index in [0.29, 0.717) is 22.6 Å². The average Bonchev–Trinajstić information content (AvgIpc) is 3.07. The predicted molar refractivity (Wildman–Crippen MR) is 90.3 cm³/mol. The molecule has 1 aliphatic heterocycles. The summed E-state index contributed by atoms with van der Waals surface area (Å²) in [7, 11) is 0. The first kappa shape index (κ1) is 16.3. The number of aliphatic hydroxyl groups is 1. The lowest BCUT2D eigenvalue weighted by atomic mass is 9.95. The monoisotopic (exact) mass is 327 g/mol. The van der Waals surface area contributed by atoms with Crippen molar-refractivity contribution in [2.75, 3.05) is 13.3 Å². The lowest BCUT2D eigenvalue weighted by molar-refractivity contribution is 0.0525.